The predicted octanol–water partition coefficient (Wildman–Crippen LogP) is 3.39. The van der Waals surface area contributed by atoms with E-state index in [4.69, 9.17) is 10.5 Å². The van der Waals surface area contributed by atoms with Gasteiger partial charge in [-0.2, -0.15) is 0 Å². The summed E-state index contributed by atoms with van der Waals surface area (Å²) < 4.78 is 18.8. The standard InChI is InChI=1S/C20H25FN2O2/c1-20(2,3)18(22)19(24)23-12-14-7-9-17(10-8-14)25-13-15-5-4-6-16(21)11-15/h4-11,18H,12-13,22H2,1-3H3,(H,23,24)/t18-/m1/s1. The van der Waals surface area contributed by atoms with Crippen LogP contribution in [-0.4, -0.2) is 11.9 Å². The second kappa shape index (κ2) is 8.12. The summed E-state index contributed by atoms with van der Waals surface area (Å²) in [7, 11) is 0. The zero-order valence-corrected chi connectivity index (χ0v) is 14.9. The maximum Gasteiger partial charge on any atom is 0.237 e. The van der Waals surface area contributed by atoms with Crippen LogP contribution < -0.4 is 15.8 Å². The van der Waals surface area contributed by atoms with Crippen LogP contribution in [0.25, 0.3) is 0 Å². The minimum Gasteiger partial charge on any atom is -0.489 e. The van der Waals surface area contributed by atoms with Gasteiger partial charge in [-0.1, -0.05) is 45.0 Å². The molecule has 0 aliphatic carbocycles. The van der Waals surface area contributed by atoms with E-state index in [1.165, 1.54) is 12.1 Å². The molecule has 0 saturated heterocycles. The molecule has 0 fully saturated rings. The molecule has 4 nitrogen and oxygen atoms in total. The molecular weight excluding hydrogens is 319 g/mol. The molecule has 0 unspecified atom stereocenters. The lowest BCUT2D eigenvalue weighted by molar-refractivity contribution is -0.124. The Morgan fingerprint density at radius 1 is 1.16 bits per heavy atom. The van der Waals surface area contributed by atoms with Gasteiger partial charge in [-0.3, -0.25) is 4.79 Å². The van der Waals surface area contributed by atoms with E-state index in [9.17, 15) is 9.18 Å². The van der Waals surface area contributed by atoms with Crippen molar-refractivity contribution in [2.75, 3.05) is 0 Å². The lowest BCUT2D eigenvalue weighted by Crippen LogP contribution is -2.48. The lowest BCUT2D eigenvalue weighted by atomic mass is 9.87. The molecule has 0 aliphatic heterocycles. The van der Waals surface area contributed by atoms with Crippen LogP contribution in [0, 0.1) is 11.2 Å². The van der Waals surface area contributed by atoms with E-state index >= 15 is 0 Å². The highest BCUT2D eigenvalue weighted by molar-refractivity contribution is 5.82. The highest BCUT2D eigenvalue weighted by Crippen LogP contribution is 2.18. The number of hydrogen-bond acceptors (Lipinski definition) is 3. The van der Waals surface area contributed by atoms with Crippen molar-refractivity contribution < 1.29 is 13.9 Å². The van der Waals surface area contributed by atoms with Gasteiger partial charge in [0.05, 0.1) is 6.04 Å². The Labute approximate surface area is 148 Å². The molecule has 2 aromatic carbocycles. The number of nitrogens with one attached hydrogen (secondary N) is 1. The first kappa shape index (κ1) is 18.9. The molecule has 134 valence electrons. The smallest absolute Gasteiger partial charge is 0.237 e. The van der Waals surface area contributed by atoms with Crippen LogP contribution in [-0.2, 0) is 17.9 Å². The predicted molar refractivity (Wildman–Crippen MR) is 96.5 cm³/mol. The van der Waals surface area contributed by atoms with Gasteiger partial charge < -0.3 is 15.8 Å². The number of halogens is 1. The molecule has 2 rings (SSSR count). The Morgan fingerprint density at radius 3 is 2.44 bits per heavy atom. The summed E-state index contributed by atoms with van der Waals surface area (Å²) in [6, 6.07) is 13.2. The third-order valence-electron chi connectivity index (χ3n) is 3.90. The number of nitrogens with two attached hydrogens (primary N) is 1. The van der Waals surface area contributed by atoms with Crippen LogP contribution in [0.2, 0.25) is 0 Å². The zero-order valence-electron chi connectivity index (χ0n) is 14.9. The van der Waals surface area contributed by atoms with Crippen molar-refractivity contribution in [1.29, 1.82) is 0 Å². The van der Waals surface area contributed by atoms with Crippen molar-refractivity contribution >= 4 is 5.91 Å². The van der Waals surface area contributed by atoms with Crippen molar-refractivity contribution in [3.05, 3.63) is 65.5 Å². The second-order valence-corrected chi connectivity index (χ2v) is 7.12. The minimum absolute atomic E-state index is 0.168. The number of carbonyl (C=O) groups excluding carboxylic acids is 1. The number of amides is 1. The number of benzene rings is 2. The fourth-order valence-corrected chi connectivity index (χ4v) is 2.19. The SMILES string of the molecule is CC(C)(C)[C@H](N)C(=O)NCc1ccc(OCc2cccc(F)c2)cc1. The van der Waals surface area contributed by atoms with E-state index in [1.807, 2.05) is 51.1 Å². The van der Waals surface area contributed by atoms with Crippen molar-refractivity contribution in [3.63, 3.8) is 0 Å². The normalized spacial score (nSPS) is 12.5. The molecule has 2 aromatic rings. The van der Waals surface area contributed by atoms with Crippen LogP contribution in [0.5, 0.6) is 5.75 Å². The number of rotatable bonds is 6. The first-order valence-corrected chi connectivity index (χ1v) is 8.25. The van der Waals surface area contributed by atoms with Gasteiger partial charge >= 0.3 is 0 Å². The van der Waals surface area contributed by atoms with Crippen molar-refractivity contribution in [2.45, 2.75) is 40.0 Å². The Morgan fingerprint density at radius 2 is 1.84 bits per heavy atom. The fraction of sp³-hybridized carbons (Fsp3) is 0.350. The summed E-state index contributed by atoms with van der Waals surface area (Å²) in [4.78, 5) is 12.0. The zero-order chi connectivity index (χ0) is 18.4. The molecular formula is C20H25FN2O2. The van der Waals surface area contributed by atoms with E-state index in [0.29, 0.717) is 18.9 Å². The number of ether oxygens (including phenoxy) is 1. The molecule has 1 atom stereocenters. The average molecular weight is 344 g/mol. The second-order valence-electron chi connectivity index (χ2n) is 7.12. The molecule has 3 N–H and O–H groups in total. The Balaban J connectivity index is 1.84. The van der Waals surface area contributed by atoms with Crippen LogP contribution in [0.3, 0.4) is 0 Å². The van der Waals surface area contributed by atoms with E-state index < -0.39 is 6.04 Å². The summed E-state index contributed by atoms with van der Waals surface area (Å²) in [5.74, 6) is 0.241. The molecule has 25 heavy (non-hydrogen) atoms. The van der Waals surface area contributed by atoms with Gasteiger partial charge in [0.2, 0.25) is 5.91 Å². The molecule has 0 heterocycles. The monoisotopic (exact) mass is 344 g/mol. The number of carbonyl (C=O) groups is 1. The van der Waals surface area contributed by atoms with Gasteiger partial charge in [0.25, 0.3) is 0 Å². The van der Waals surface area contributed by atoms with Gasteiger partial charge in [-0.25, -0.2) is 4.39 Å². The first-order chi connectivity index (χ1) is 11.8. The highest BCUT2D eigenvalue weighted by atomic mass is 19.1. The van der Waals surface area contributed by atoms with Crippen LogP contribution in [0.4, 0.5) is 4.39 Å². The van der Waals surface area contributed by atoms with Crippen LogP contribution in [0.15, 0.2) is 48.5 Å². The molecule has 5 heteroatoms. The van der Waals surface area contributed by atoms with Gasteiger partial charge in [-0.05, 0) is 40.8 Å². The first-order valence-electron chi connectivity index (χ1n) is 8.25. The summed E-state index contributed by atoms with van der Waals surface area (Å²) in [5, 5.41) is 2.84. The number of hydrogen-bond donors (Lipinski definition) is 2. The molecule has 0 aliphatic rings. The average Bonchev–Trinajstić information content (AvgIpc) is 2.57. The Hall–Kier alpha value is -2.40. The van der Waals surface area contributed by atoms with Gasteiger partial charge in [-0.15, -0.1) is 0 Å². The summed E-state index contributed by atoms with van der Waals surface area (Å²) in [6.07, 6.45) is 0. The third-order valence-corrected chi connectivity index (χ3v) is 3.90. The molecule has 0 saturated carbocycles. The van der Waals surface area contributed by atoms with Crippen molar-refractivity contribution in [2.24, 2.45) is 11.1 Å². The molecule has 0 spiro atoms. The van der Waals surface area contributed by atoms with E-state index in [0.717, 1.165) is 11.1 Å². The topological polar surface area (TPSA) is 64.4 Å². The van der Waals surface area contributed by atoms with Crippen LogP contribution >= 0.6 is 0 Å². The van der Waals surface area contributed by atoms with Crippen molar-refractivity contribution in [1.82, 2.24) is 5.32 Å². The van der Waals surface area contributed by atoms with Crippen molar-refractivity contribution in [3.8, 4) is 5.75 Å². The molecule has 0 bridgehead atoms. The van der Waals surface area contributed by atoms with E-state index in [1.54, 1.807) is 6.07 Å². The van der Waals surface area contributed by atoms with Gasteiger partial charge in [0, 0.05) is 6.54 Å². The Kier molecular flexibility index (Phi) is 6.15. The molecule has 0 radical (unpaired) electrons. The van der Waals surface area contributed by atoms with E-state index in [2.05, 4.69) is 5.32 Å². The maximum absolute atomic E-state index is 13.1. The summed E-state index contributed by atoms with van der Waals surface area (Å²) in [5.41, 5.74) is 7.37. The largest absolute Gasteiger partial charge is 0.489 e. The van der Waals surface area contributed by atoms with Crippen LogP contribution in [0.1, 0.15) is 31.9 Å². The third kappa shape index (κ3) is 5.87. The summed E-state index contributed by atoms with van der Waals surface area (Å²) in [6.45, 7) is 6.51. The van der Waals surface area contributed by atoms with Gasteiger partial charge in [0.15, 0.2) is 0 Å². The van der Waals surface area contributed by atoms with Gasteiger partial charge in [0.1, 0.15) is 18.2 Å². The lowest BCUT2D eigenvalue weighted by Gasteiger charge is -2.25. The quantitative estimate of drug-likeness (QED) is 0.844. The highest BCUT2D eigenvalue weighted by Gasteiger charge is 2.26. The fourth-order valence-electron chi connectivity index (χ4n) is 2.19. The minimum atomic E-state index is -0.554. The molecule has 1 amide bonds. The maximum atomic E-state index is 13.1. The summed E-state index contributed by atoms with van der Waals surface area (Å²) >= 11 is 0. The Bertz CT molecular complexity index is 708. The molecule has 0 aromatic heterocycles. The van der Waals surface area contributed by atoms with E-state index in [-0.39, 0.29) is 17.1 Å².